The zero-order valence-electron chi connectivity index (χ0n) is 16.8. The number of nitrogens with zero attached hydrogens (tertiary/aromatic N) is 1. The van der Waals surface area contributed by atoms with Gasteiger partial charge in [0.1, 0.15) is 0 Å². The van der Waals surface area contributed by atoms with Crippen LogP contribution in [0.1, 0.15) is 46.9 Å². The quantitative estimate of drug-likeness (QED) is 0.484. The first kappa shape index (κ1) is 20.6. The number of aryl methyl sites for hydroxylation is 1. The summed E-state index contributed by atoms with van der Waals surface area (Å²) in [5.74, 6) is -2.11. The number of aromatic nitrogens is 1. The largest absolute Gasteiger partial charge is 0.505 e. The number of rotatable bonds is 6. The summed E-state index contributed by atoms with van der Waals surface area (Å²) in [6, 6.07) is 9.44. The number of esters is 1. The molecule has 0 aliphatic rings. The first-order valence-corrected chi connectivity index (χ1v) is 9.62. The normalized spacial score (nSPS) is 11.0. The van der Waals surface area contributed by atoms with E-state index in [9.17, 15) is 19.1 Å². The highest BCUT2D eigenvalue weighted by Crippen LogP contribution is 2.32. The third-order valence-corrected chi connectivity index (χ3v) is 4.99. The summed E-state index contributed by atoms with van der Waals surface area (Å²) in [4.78, 5) is 25.4. The van der Waals surface area contributed by atoms with Crippen LogP contribution in [-0.4, -0.2) is 28.2 Å². The molecular formula is C23H24FNO4. The van der Waals surface area contributed by atoms with Crippen molar-refractivity contribution in [1.29, 1.82) is 0 Å². The maximum Gasteiger partial charge on any atom is 0.310 e. The molecule has 0 aliphatic carbocycles. The van der Waals surface area contributed by atoms with Crippen LogP contribution in [0.4, 0.5) is 4.39 Å². The van der Waals surface area contributed by atoms with Crippen LogP contribution in [0.25, 0.3) is 10.9 Å². The predicted octanol–water partition coefficient (Wildman–Crippen LogP) is 4.68. The highest BCUT2D eigenvalue weighted by Gasteiger charge is 2.23. The number of unbranched alkanes of at least 4 members (excludes halogenated alkanes) is 1. The Balaban J connectivity index is 2.09. The van der Waals surface area contributed by atoms with Crippen LogP contribution in [0.5, 0.6) is 5.75 Å². The van der Waals surface area contributed by atoms with Gasteiger partial charge in [0, 0.05) is 22.7 Å². The Labute approximate surface area is 168 Å². The fraction of sp³-hybridized carbons (Fsp3) is 0.304. The second kappa shape index (κ2) is 8.47. The number of aromatic hydroxyl groups is 1. The van der Waals surface area contributed by atoms with E-state index in [1.54, 1.807) is 19.1 Å². The van der Waals surface area contributed by atoms with Crippen LogP contribution in [-0.2, 0) is 16.0 Å². The predicted molar refractivity (Wildman–Crippen MR) is 109 cm³/mol. The van der Waals surface area contributed by atoms with E-state index in [4.69, 9.17) is 4.74 Å². The molecule has 0 spiro atoms. The van der Waals surface area contributed by atoms with Crippen molar-refractivity contribution >= 4 is 22.8 Å². The lowest BCUT2D eigenvalue weighted by Crippen LogP contribution is -2.15. The molecule has 0 bridgehead atoms. The van der Waals surface area contributed by atoms with Crippen molar-refractivity contribution in [1.82, 2.24) is 4.57 Å². The van der Waals surface area contributed by atoms with E-state index in [-0.39, 0.29) is 12.3 Å². The number of benzene rings is 2. The summed E-state index contributed by atoms with van der Waals surface area (Å²) < 4.78 is 20.7. The zero-order chi connectivity index (χ0) is 21.1. The SMILES string of the molecule is CCCCOC(=O)Cc1c(C)n(C(=O)c2ccc(C)cc2)c2cc(F)c(O)cc12. The number of carbonyl (C=O) groups excluding carboxylic acids is 2. The molecule has 152 valence electrons. The van der Waals surface area contributed by atoms with Crippen LogP contribution in [0, 0.1) is 19.7 Å². The monoisotopic (exact) mass is 397 g/mol. The van der Waals surface area contributed by atoms with Crippen LogP contribution >= 0.6 is 0 Å². The molecule has 5 nitrogen and oxygen atoms in total. The molecule has 1 N–H and O–H groups in total. The van der Waals surface area contributed by atoms with Gasteiger partial charge in [0.25, 0.3) is 5.91 Å². The van der Waals surface area contributed by atoms with Crippen molar-refractivity contribution in [3.8, 4) is 5.75 Å². The lowest BCUT2D eigenvalue weighted by atomic mass is 10.1. The Hall–Kier alpha value is -3.15. The third kappa shape index (κ3) is 4.16. The van der Waals surface area contributed by atoms with E-state index in [0.717, 1.165) is 24.5 Å². The van der Waals surface area contributed by atoms with Gasteiger partial charge in [-0.1, -0.05) is 31.0 Å². The average Bonchev–Trinajstić information content (AvgIpc) is 2.93. The number of fused-ring (bicyclic) bond motifs is 1. The minimum atomic E-state index is -0.829. The summed E-state index contributed by atoms with van der Waals surface area (Å²) in [6.07, 6.45) is 1.61. The third-order valence-electron chi connectivity index (χ3n) is 4.99. The second-order valence-corrected chi connectivity index (χ2v) is 7.14. The zero-order valence-corrected chi connectivity index (χ0v) is 16.8. The van der Waals surface area contributed by atoms with Gasteiger partial charge in [-0.05, 0) is 44.0 Å². The van der Waals surface area contributed by atoms with Gasteiger partial charge in [-0.2, -0.15) is 0 Å². The Morgan fingerprint density at radius 3 is 2.48 bits per heavy atom. The smallest absolute Gasteiger partial charge is 0.310 e. The molecule has 0 atom stereocenters. The molecule has 3 rings (SSSR count). The van der Waals surface area contributed by atoms with Crippen LogP contribution < -0.4 is 0 Å². The first-order valence-electron chi connectivity index (χ1n) is 9.62. The minimum Gasteiger partial charge on any atom is -0.505 e. The molecule has 29 heavy (non-hydrogen) atoms. The molecule has 1 aromatic heterocycles. The molecule has 1 heterocycles. The van der Waals surface area contributed by atoms with Crippen molar-refractivity contribution in [3.05, 3.63) is 64.6 Å². The summed E-state index contributed by atoms with van der Waals surface area (Å²) in [5, 5.41) is 10.3. The number of halogens is 1. The highest BCUT2D eigenvalue weighted by atomic mass is 19.1. The van der Waals surface area contributed by atoms with E-state index in [1.807, 2.05) is 26.0 Å². The van der Waals surface area contributed by atoms with Crippen molar-refractivity contribution in [2.45, 2.75) is 40.0 Å². The topological polar surface area (TPSA) is 68.5 Å². The van der Waals surface area contributed by atoms with E-state index >= 15 is 0 Å². The lowest BCUT2D eigenvalue weighted by molar-refractivity contribution is -0.142. The Kier molecular flexibility index (Phi) is 6.01. The highest BCUT2D eigenvalue weighted by molar-refractivity contribution is 6.05. The second-order valence-electron chi connectivity index (χ2n) is 7.14. The van der Waals surface area contributed by atoms with Gasteiger partial charge in [0.15, 0.2) is 11.6 Å². The fourth-order valence-corrected chi connectivity index (χ4v) is 3.32. The first-order chi connectivity index (χ1) is 13.8. The van der Waals surface area contributed by atoms with Gasteiger partial charge in [0.05, 0.1) is 18.5 Å². The molecule has 0 radical (unpaired) electrons. The van der Waals surface area contributed by atoms with Gasteiger partial charge in [0.2, 0.25) is 0 Å². The van der Waals surface area contributed by atoms with Gasteiger partial charge in [-0.25, -0.2) is 4.39 Å². The number of phenolic OH excluding ortho intramolecular Hbond substituents is 1. The summed E-state index contributed by atoms with van der Waals surface area (Å²) >= 11 is 0. The minimum absolute atomic E-state index is 0.0642. The molecule has 6 heteroatoms. The van der Waals surface area contributed by atoms with Gasteiger partial charge >= 0.3 is 5.97 Å². The molecule has 3 aromatic rings. The van der Waals surface area contributed by atoms with E-state index < -0.39 is 17.5 Å². The number of hydrogen-bond acceptors (Lipinski definition) is 4. The van der Waals surface area contributed by atoms with Crippen molar-refractivity contribution in [3.63, 3.8) is 0 Å². The lowest BCUT2D eigenvalue weighted by Gasteiger charge is -2.08. The van der Waals surface area contributed by atoms with E-state index in [2.05, 4.69) is 0 Å². The van der Waals surface area contributed by atoms with Crippen LogP contribution in [0.3, 0.4) is 0 Å². The standard InChI is InChI=1S/C23H24FNO4/c1-4-5-10-29-22(27)12-17-15(3)25(20-13-19(24)21(26)11-18(17)20)23(28)16-8-6-14(2)7-9-16/h6-9,11,13,26H,4-5,10,12H2,1-3H3. The number of hydrogen-bond donors (Lipinski definition) is 1. The van der Waals surface area contributed by atoms with E-state index in [1.165, 1.54) is 10.6 Å². The van der Waals surface area contributed by atoms with Gasteiger partial charge in [-0.15, -0.1) is 0 Å². The number of phenols is 1. The van der Waals surface area contributed by atoms with E-state index in [0.29, 0.717) is 34.3 Å². The van der Waals surface area contributed by atoms with Gasteiger partial charge < -0.3 is 9.84 Å². The van der Waals surface area contributed by atoms with Gasteiger partial charge in [-0.3, -0.25) is 14.2 Å². The average molecular weight is 397 g/mol. The van der Waals surface area contributed by atoms with Crippen molar-refractivity contribution in [2.75, 3.05) is 6.61 Å². The van der Waals surface area contributed by atoms with Crippen molar-refractivity contribution in [2.24, 2.45) is 0 Å². The van der Waals surface area contributed by atoms with Crippen LogP contribution in [0.15, 0.2) is 36.4 Å². The molecule has 0 saturated heterocycles. The molecular weight excluding hydrogens is 373 g/mol. The Morgan fingerprint density at radius 1 is 1.14 bits per heavy atom. The molecule has 0 aliphatic heterocycles. The molecule has 0 unspecified atom stereocenters. The fourth-order valence-electron chi connectivity index (χ4n) is 3.32. The van der Waals surface area contributed by atoms with Crippen LogP contribution in [0.2, 0.25) is 0 Å². The molecule has 0 fully saturated rings. The maximum atomic E-state index is 14.1. The maximum absolute atomic E-state index is 14.1. The Morgan fingerprint density at radius 2 is 1.83 bits per heavy atom. The number of ether oxygens (including phenoxy) is 1. The molecule has 0 saturated carbocycles. The molecule has 0 amide bonds. The number of carbonyl (C=O) groups is 2. The summed E-state index contributed by atoms with van der Waals surface area (Å²) in [6.45, 7) is 5.95. The Bertz CT molecular complexity index is 1070. The molecule has 2 aromatic carbocycles. The van der Waals surface area contributed by atoms with Crippen molar-refractivity contribution < 1.29 is 23.8 Å². The summed E-state index contributed by atoms with van der Waals surface area (Å²) in [5.41, 5.74) is 2.82. The summed E-state index contributed by atoms with van der Waals surface area (Å²) in [7, 11) is 0.